The molecule has 2 aliphatic rings. The lowest BCUT2D eigenvalue weighted by atomic mass is 10.2. The monoisotopic (exact) mass is 393 g/mol. The smallest absolute Gasteiger partial charge is 0.228 e. The zero-order chi connectivity index (χ0) is 17.3. The first-order chi connectivity index (χ1) is 11.5. The normalized spacial score (nSPS) is 22.9. The number of piperazine rings is 1. The highest BCUT2D eigenvalue weighted by atomic mass is 79.9. The Kier molecular flexibility index (Phi) is 4.89. The van der Waals surface area contributed by atoms with E-state index < -0.39 is 0 Å². The molecule has 0 radical (unpaired) electrons. The highest BCUT2D eigenvalue weighted by Gasteiger charge is 2.49. The van der Waals surface area contributed by atoms with Crippen LogP contribution in [0.2, 0.25) is 0 Å². The van der Waals surface area contributed by atoms with Crippen molar-refractivity contribution in [2.45, 2.75) is 13.3 Å². The first-order valence-electron chi connectivity index (χ1n) is 8.04. The van der Waals surface area contributed by atoms with Crippen molar-refractivity contribution in [3.63, 3.8) is 0 Å². The van der Waals surface area contributed by atoms with E-state index in [0.717, 1.165) is 22.1 Å². The van der Waals surface area contributed by atoms with Gasteiger partial charge in [-0.3, -0.25) is 14.4 Å². The van der Waals surface area contributed by atoms with Crippen molar-refractivity contribution in [3.8, 4) is 0 Å². The lowest BCUT2D eigenvalue weighted by molar-refractivity contribution is -0.137. The molecule has 128 valence electrons. The molecule has 7 heteroatoms. The van der Waals surface area contributed by atoms with Crippen molar-refractivity contribution in [1.82, 2.24) is 9.80 Å². The largest absolute Gasteiger partial charge is 0.342 e. The van der Waals surface area contributed by atoms with Crippen LogP contribution in [-0.2, 0) is 14.4 Å². The van der Waals surface area contributed by atoms with Crippen molar-refractivity contribution in [2.75, 3.05) is 31.5 Å². The molecule has 2 unspecified atom stereocenters. The third-order valence-electron chi connectivity index (χ3n) is 4.60. The van der Waals surface area contributed by atoms with E-state index in [9.17, 15) is 14.4 Å². The molecule has 0 bridgehead atoms. The molecule has 3 amide bonds. The number of nitrogens with one attached hydrogen (secondary N) is 1. The fraction of sp³-hybridized carbons (Fsp3) is 0.471. The molecule has 2 fully saturated rings. The maximum absolute atomic E-state index is 12.5. The Labute approximate surface area is 149 Å². The topological polar surface area (TPSA) is 69.7 Å². The van der Waals surface area contributed by atoms with Gasteiger partial charge >= 0.3 is 0 Å². The van der Waals surface area contributed by atoms with Crippen molar-refractivity contribution >= 4 is 39.8 Å². The van der Waals surface area contributed by atoms with Crippen LogP contribution in [-0.4, -0.2) is 54.2 Å². The van der Waals surface area contributed by atoms with Crippen LogP contribution in [0.25, 0.3) is 0 Å². The van der Waals surface area contributed by atoms with Crippen molar-refractivity contribution < 1.29 is 14.4 Å². The first-order valence-corrected chi connectivity index (χ1v) is 8.84. The number of rotatable bonds is 4. The van der Waals surface area contributed by atoms with E-state index in [1.807, 2.05) is 25.1 Å². The van der Waals surface area contributed by atoms with Crippen LogP contribution in [0.15, 0.2) is 22.7 Å². The second kappa shape index (κ2) is 6.93. The fourth-order valence-corrected chi connectivity index (χ4v) is 3.58. The Morgan fingerprint density at radius 1 is 1.21 bits per heavy atom. The average molecular weight is 394 g/mol. The fourth-order valence-electron chi connectivity index (χ4n) is 2.99. The number of halogens is 1. The number of nitrogens with zero attached hydrogens (tertiary/aromatic N) is 2. The number of amides is 3. The third kappa shape index (κ3) is 3.61. The second-order valence-corrected chi connectivity index (χ2v) is 7.24. The van der Waals surface area contributed by atoms with E-state index in [0.29, 0.717) is 32.6 Å². The predicted molar refractivity (Wildman–Crippen MR) is 93.3 cm³/mol. The highest BCUT2D eigenvalue weighted by Crippen LogP contribution is 2.41. The maximum atomic E-state index is 12.5. The summed E-state index contributed by atoms with van der Waals surface area (Å²) in [5, 5.41) is 2.89. The molecule has 1 aromatic carbocycles. The lowest BCUT2D eigenvalue weighted by Gasteiger charge is -2.32. The summed E-state index contributed by atoms with van der Waals surface area (Å²) in [5.74, 6) is -0.556. The minimum absolute atomic E-state index is 0.0312. The summed E-state index contributed by atoms with van der Waals surface area (Å²) in [7, 11) is 0. The van der Waals surface area contributed by atoms with Gasteiger partial charge in [-0.05, 0) is 47.0 Å². The van der Waals surface area contributed by atoms with Gasteiger partial charge in [0.1, 0.15) is 0 Å². The van der Waals surface area contributed by atoms with Gasteiger partial charge in [0, 0.05) is 30.7 Å². The van der Waals surface area contributed by atoms with Gasteiger partial charge in [-0.2, -0.15) is 0 Å². The Balaban J connectivity index is 1.54. The maximum Gasteiger partial charge on any atom is 0.228 e. The van der Waals surface area contributed by atoms with Crippen LogP contribution < -0.4 is 5.32 Å². The van der Waals surface area contributed by atoms with Gasteiger partial charge in [0.15, 0.2) is 0 Å². The van der Waals surface area contributed by atoms with Crippen molar-refractivity contribution in [3.05, 3.63) is 28.2 Å². The van der Waals surface area contributed by atoms with Crippen LogP contribution in [0.3, 0.4) is 0 Å². The highest BCUT2D eigenvalue weighted by molar-refractivity contribution is 9.10. The van der Waals surface area contributed by atoms with E-state index in [-0.39, 0.29) is 23.7 Å². The van der Waals surface area contributed by atoms with Crippen LogP contribution in [0, 0.1) is 18.8 Å². The molecule has 1 N–H and O–H groups in total. The molecule has 1 aliphatic carbocycles. The van der Waals surface area contributed by atoms with Crippen LogP contribution in [0.5, 0.6) is 0 Å². The Bertz CT molecular complexity index is 671. The molecule has 1 heterocycles. The van der Waals surface area contributed by atoms with Crippen LogP contribution >= 0.6 is 15.9 Å². The van der Waals surface area contributed by atoms with E-state index >= 15 is 0 Å². The van der Waals surface area contributed by atoms with E-state index in [2.05, 4.69) is 21.2 Å². The standard InChI is InChI=1S/C17H20BrN3O3/c1-11-2-3-15(14(18)8-11)19-16(23)12-9-13(12)17(24)21-6-4-20(10-22)5-7-21/h2-3,8,10,12-13H,4-7,9H2,1H3,(H,19,23). The van der Waals surface area contributed by atoms with Gasteiger partial charge < -0.3 is 15.1 Å². The molecule has 1 saturated carbocycles. The summed E-state index contributed by atoms with van der Waals surface area (Å²) in [6.07, 6.45) is 1.41. The van der Waals surface area contributed by atoms with Gasteiger partial charge in [0.25, 0.3) is 0 Å². The minimum Gasteiger partial charge on any atom is -0.342 e. The number of benzene rings is 1. The summed E-state index contributed by atoms with van der Waals surface area (Å²) in [5.41, 5.74) is 1.83. The molecular formula is C17H20BrN3O3. The van der Waals surface area contributed by atoms with Crippen LogP contribution in [0.4, 0.5) is 5.69 Å². The lowest BCUT2D eigenvalue weighted by Crippen LogP contribution is -2.48. The van der Waals surface area contributed by atoms with Crippen molar-refractivity contribution in [2.24, 2.45) is 11.8 Å². The van der Waals surface area contributed by atoms with E-state index in [4.69, 9.17) is 0 Å². The Morgan fingerprint density at radius 3 is 2.54 bits per heavy atom. The predicted octanol–water partition coefficient (Wildman–Crippen LogP) is 1.63. The molecule has 0 spiro atoms. The zero-order valence-electron chi connectivity index (χ0n) is 13.5. The number of hydrogen-bond donors (Lipinski definition) is 1. The van der Waals surface area contributed by atoms with Gasteiger partial charge in [-0.1, -0.05) is 6.07 Å². The summed E-state index contributed by atoms with van der Waals surface area (Å²) < 4.78 is 0.837. The van der Waals surface area contributed by atoms with Crippen molar-refractivity contribution in [1.29, 1.82) is 0 Å². The SMILES string of the molecule is Cc1ccc(NC(=O)C2CC2C(=O)N2CCN(C=O)CC2)c(Br)c1. The van der Waals surface area contributed by atoms with Gasteiger partial charge in [-0.15, -0.1) is 0 Å². The summed E-state index contributed by atoms with van der Waals surface area (Å²) in [6.45, 7) is 4.21. The number of carbonyl (C=O) groups is 3. The van der Waals surface area contributed by atoms with Crippen LogP contribution in [0.1, 0.15) is 12.0 Å². The molecule has 3 rings (SSSR count). The summed E-state index contributed by atoms with van der Waals surface area (Å²) >= 11 is 3.44. The number of hydrogen-bond acceptors (Lipinski definition) is 3. The minimum atomic E-state index is -0.255. The molecule has 6 nitrogen and oxygen atoms in total. The Hall–Kier alpha value is -1.89. The summed E-state index contributed by atoms with van der Waals surface area (Å²) in [6, 6.07) is 5.73. The van der Waals surface area contributed by atoms with Gasteiger partial charge in [0.05, 0.1) is 17.5 Å². The van der Waals surface area contributed by atoms with E-state index in [1.54, 1.807) is 9.80 Å². The molecule has 1 aromatic rings. The Morgan fingerprint density at radius 2 is 1.92 bits per heavy atom. The zero-order valence-corrected chi connectivity index (χ0v) is 15.1. The van der Waals surface area contributed by atoms with Gasteiger partial charge in [-0.25, -0.2) is 0 Å². The first kappa shape index (κ1) is 17.0. The quantitative estimate of drug-likeness (QED) is 0.790. The number of aryl methyl sites for hydroxylation is 1. The molecular weight excluding hydrogens is 374 g/mol. The third-order valence-corrected chi connectivity index (χ3v) is 5.26. The molecule has 1 saturated heterocycles. The molecule has 24 heavy (non-hydrogen) atoms. The second-order valence-electron chi connectivity index (χ2n) is 6.39. The number of anilines is 1. The molecule has 0 aromatic heterocycles. The van der Waals surface area contributed by atoms with E-state index in [1.165, 1.54) is 0 Å². The molecule has 1 aliphatic heterocycles. The average Bonchev–Trinajstić information content (AvgIpc) is 3.37. The number of carbonyl (C=O) groups excluding carboxylic acids is 3. The van der Waals surface area contributed by atoms with Gasteiger partial charge in [0.2, 0.25) is 18.2 Å². The molecule has 2 atom stereocenters. The summed E-state index contributed by atoms with van der Waals surface area (Å²) in [4.78, 5) is 39.0.